The van der Waals surface area contributed by atoms with Gasteiger partial charge in [0.25, 0.3) is 0 Å². The van der Waals surface area contributed by atoms with Gasteiger partial charge in [0.1, 0.15) is 11.9 Å². The summed E-state index contributed by atoms with van der Waals surface area (Å²) in [5.41, 5.74) is 1.09. The summed E-state index contributed by atoms with van der Waals surface area (Å²) in [7, 11) is 0. The SMILES string of the molecule is Cc1ccc(-c2cccc(C#N)c2F)c(C(=O)O)c1. The molecule has 0 saturated heterocycles. The van der Waals surface area contributed by atoms with Crippen LogP contribution in [0.4, 0.5) is 4.39 Å². The second-order valence-electron chi connectivity index (χ2n) is 4.13. The number of benzene rings is 2. The van der Waals surface area contributed by atoms with Crippen molar-refractivity contribution in [3.8, 4) is 17.2 Å². The van der Waals surface area contributed by atoms with Crippen molar-refractivity contribution in [3.63, 3.8) is 0 Å². The fraction of sp³-hybridized carbons (Fsp3) is 0.0667. The van der Waals surface area contributed by atoms with E-state index in [0.717, 1.165) is 5.56 Å². The second kappa shape index (κ2) is 4.91. The Morgan fingerprint density at radius 1 is 1.26 bits per heavy atom. The van der Waals surface area contributed by atoms with Gasteiger partial charge in [-0.2, -0.15) is 5.26 Å². The predicted octanol–water partition coefficient (Wildman–Crippen LogP) is 3.37. The first-order valence-electron chi connectivity index (χ1n) is 5.57. The zero-order valence-corrected chi connectivity index (χ0v) is 10.1. The highest BCUT2D eigenvalue weighted by molar-refractivity contribution is 5.96. The zero-order chi connectivity index (χ0) is 14.0. The molecule has 0 aliphatic carbocycles. The third-order valence-corrected chi connectivity index (χ3v) is 2.81. The summed E-state index contributed by atoms with van der Waals surface area (Å²) in [5.74, 6) is -1.82. The molecular formula is C15H10FNO2. The lowest BCUT2D eigenvalue weighted by atomic mass is 9.96. The molecule has 0 aromatic heterocycles. The minimum atomic E-state index is -1.12. The van der Waals surface area contributed by atoms with Gasteiger partial charge in [-0.05, 0) is 24.6 Å². The summed E-state index contributed by atoms with van der Waals surface area (Å²) in [5, 5.41) is 18.0. The van der Waals surface area contributed by atoms with Gasteiger partial charge < -0.3 is 5.11 Å². The van der Waals surface area contributed by atoms with Gasteiger partial charge in [0.15, 0.2) is 0 Å². The molecule has 0 aliphatic heterocycles. The molecule has 0 atom stereocenters. The van der Waals surface area contributed by atoms with Gasteiger partial charge in [-0.1, -0.05) is 29.8 Å². The summed E-state index contributed by atoms with van der Waals surface area (Å²) >= 11 is 0. The van der Waals surface area contributed by atoms with Gasteiger partial charge in [-0.25, -0.2) is 9.18 Å². The summed E-state index contributed by atoms with van der Waals surface area (Å²) in [4.78, 5) is 11.2. The van der Waals surface area contributed by atoms with E-state index in [1.165, 1.54) is 24.3 Å². The molecule has 2 aromatic carbocycles. The molecule has 0 unspecified atom stereocenters. The van der Waals surface area contributed by atoms with E-state index in [2.05, 4.69) is 0 Å². The van der Waals surface area contributed by atoms with E-state index >= 15 is 0 Å². The number of rotatable bonds is 2. The standard InChI is InChI=1S/C15H10FNO2/c1-9-5-6-11(13(7-9)15(18)19)12-4-2-3-10(8-17)14(12)16/h2-7H,1H3,(H,18,19). The fourth-order valence-electron chi connectivity index (χ4n) is 1.90. The topological polar surface area (TPSA) is 61.1 Å². The van der Waals surface area contributed by atoms with Crippen LogP contribution in [0.2, 0.25) is 0 Å². The van der Waals surface area contributed by atoms with E-state index in [1.54, 1.807) is 25.1 Å². The quantitative estimate of drug-likeness (QED) is 0.894. The highest BCUT2D eigenvalue weighted by Crippen LogP contribution is 2.28. The second-order valence-corrected chi connectivity index (χ2v) is 4.13. The Morgan fingerprint density at radius 3 is 2.63 bits per heavy atom. The lowest BCUT2D eigenvalue weighted by Crippen LogP contribution is -2.01. The molecular weight excluding hydrogens is 245 g/mol. The number of carboxylic acid groups (broad SMARTS) is 1. The molecule has 0 fully saturated rings. The maximum Gasteiger partial charge on any atom is 0.336 e. The molecule has 0 aliphatic rings. The molecule has 0 spiro atoms. The third kappa shape index (κ3) is 2.31. The minimum Gasteiger partial charge on any atom is -0.478 e. The number of hydrogen-bond donors (Lipinski definition) is 1. The van der Waals surface area contributed by atoms with Gasteiger partial charge in [0.2, 0.25) is 0 Å². The van der Waals surface area contributed by atoms with Crippen molar-refractivity contribution in [2.45, 2.75) is 6.92 Å². The molecule has 0 saturated carbocycles. The molecule has 2 aromatic rings. The molecule has 94 valence electrons. The molecule has 0 amide bonds. The number of aromatic carboxylic acids is 1. The van der Waals surface area contributed by atoms with Crippen LogP contribution >= 0.6 is 0 Å². The molecule has 2 rings (SSSR count). The van der Waals surface area contributed by atoms with Crippen LogP contribution in [0.5, 0.6) is 0 Å². The van der Waals surface area contributed by atoms with Crippen LogP contribution in [-0.4, -0.2) is 11.1 Å². The van der Waals surface area contributed by atoms with Crippen molar-refractivity contribution >= 4 is 5.97 Å². The van der Waals surface area contributed by atoms with Crippen LogP contribution in [-0.2, 0) is 0 Å². The number of hydrogen-bond acceptors (Lipinski definition) is 2. The highest BCUT2D eigenvalue weighted by Gasteiger charge is 2.16. The van der Waals surface area contributed by atoms with Crippen molar-refractivity contribution in [1.29, 1.82) is 5.26 Å². The summed E-state index contributed by atoms with van der Waals surface area (Å²) in [6.07, 6.45) is 0. The molecule has 19 heavy (non-hydrogen) atoms. The maximum absolute atomic E-state index is 14.1. The van der Waals surface area contributed by atoms with Crippen molar-refractivity contribution < 1.29 is 14.3 Å². The van der Waals surface area contributed by atoms with Gasteiger partial charge in [0.05, 0.1) is 11.1 Å². The van der Waals surface area contributed by atoms with Crippen molar-refractivity contribution in [2.24, 2.45) is 0 Å². The van der Waals surface area contributed by atoms with E-state index in [1.807, 2.05) is 0 Å². The number of carbonyl (C=O) groups is 1. The third-order valence-electron chi connectivity index (χ3n) is 2.81. The van der Waals surface area contributed by atoms with Crippen LogP contribution in [0.1, 0.15) is 21.5 Å². The van der Waals surface area contributed by atoms with E-state index in [4.69, 9.17) is 5.26 Å². The lowest BCUT2D eigenvalue weighted by Gasteiger charge is -2.09. The predicted molar refractivity (Wildman–Crippen MR) is 68.2 cm³/mol. The summed E-state index contributed by atoms with van der Waals surface area (Å²) in [6, 6.07) is 10.8. The van der Waals surface area contributed by atoms with Crippen molar-refractivity contribution in [1.82, 2.24) is 0 Å². The Balaban J connectivity index is 2.73. The maximum atomic E-state index is 14.1. The first-order valence-corrected chi connectivity index (χ1v) is 5.57. The Hall–Kier alpha value is -2.67. The Kier molecular flexibility index (Phi) is 3.30. The molecule has 0 radical (unpaired) electrons. The van der Waals surface area contributed by atoms with E-state index in [0.29, 0.717) is 0 Å². The fourth-order valence-corrected chi connectivity index (χ4v) is 1.90. The van der Waals surface area contributed by atoms with Crippen molar-refractivity contribution in [2.75, 3.05) is 0 Å². The lowest BCUT2D eigenvalue weighted by molar-refractivity contribution is 0.0697. The molecule has 4 heteroatoms. The number of nitriles is 1. The zero-order valence-electron chi connectivity index (χ0n) is 10.1. The van der Waals surface area contributed by atoms with Crippen LogP contribution < -0.4 is 0 Å². The monoisotopic (exact) mass is 255 g/mol. The van der Waals surface area contributed by atoms with E-state index in [9.17, 15) is 14.3 Å². The first kappa shape index (κ1) is 12.8. The normalized spacial score (nSPS) is 9.95. The van der Waals surface area contributed by atoms with E-state index < -0.39 is 11.8 Å². The van der Waals surface area contributed by atoms with Gasteiger partial charge >= 0.3 is 5.97 Å². The Labute approximate surface area is 109 Å². The Bertz CT molecular complexity index is 702. The molecule has 0 heterocycles. The van der Waals surface area contributed by atoms with E-state index in [-0.39, 0.29) is 22.3 Å². The molecule has 1 N–H and O–H groups in total. The summed E-state index contributed by atoms with van der Waals surface area (Å²) in [6.45, 7) is 1.76. The summed E-state index contributed by atoms with van der Waals surface area (Å²) < 4.78 is 14.1. The van der Waals surface area contributed by atoms with Crippen LogP contribution in [0.25, 0.3) is 11.1 Å². The van der Waals surface area contributed by atoms with Crippen molar-refractivity contribution in [3.05, 3.63) is 58.9 Å². The number of carboxylic acids is 1. The van der Waals surface area contributed by atoms with Crippen LogP contribution in [0, 0.1) is 24.1 Å². The first-order chi connectivity index (χ1) is 9.04. The average molecular weight is 255 g/mol. The number of aryl methyl sites for hydroxylation is 1. The largest absolute Gasteiger partial charge is 0.478 e. The van der Waals surface area contributed by atoms with Gasteiger partial charge in [-0.3, -0.25) is 0 Å². The molecule has 3 nitrogen and oxygen atoms in total. The Morgan fingerprint density at radius 2 is 2.00 bits per heavy atom. The molecule has 0 bridgehead atoms. The van der Waals surface area contributed by atoms with Crippen LogP contribution in [0.3, 0.4) is 0 Å². The number of nitrogens with zero attached hydrogens (tertiary/aromatic N) is 1. The minimum absolute atomic E-state index is 0.0222. The van der Waals surface area contributed by atoms with Gasteiger partial charge in [0, 0.05) is 5.56 Å². The van der Waals surface area contributed by atoms with Crippen LogP contribution in [0.15, 0.2) is 36.4 Å². The highest BCUT2D eigenvalue weighted by atomic mass is 19.1. The van der Waals surface area contributed by atoms with Gasteiger partial charge in [-0.15, -0.1) is 0 Å². The average Bonchev–Trinajstić information content (AvgIpc) is 2.39. The smallest absolute Gasteiger partial charge is 0.336 e. The number of halogens is 1.